The molecule has 2 N–H and O–H groups in total. The summed E-state index contributed by atoms with van der Waals surface area (Å²) in [5, 5.41) is 13.1. The van der Waals surface area contributed by atoms with Gasteiger partial charge in [0.25, 0.3) is 12.3 Å². The molecule has 1 atom stereocenters. The summed E-state index contributed by atoms with van der Waals surface area (Å²) in [6.07, 6.45) is -9.99. The number of benzene rings is 1. The van der Waals surface area contributed by atoms with Gasteiger partial charge in [-0.1, -0.05) is 18.1 Å². The van der Waals surface area contributed by atoms with E-state index >= 15 is 4.39 Å². The second-order valence-electron chi connectivity index (χ2n) is 11.6. The number of carboxylic acids is 1. The molecule has 0 bridgehead atoms. The summed E-state index contributed by atoms with van der Waals surface area (Å²) in [5.41, 5.74) is -3.47. The zero-order valence-electron chi connectivity index (χ0n) is 25.0. The molecule has 0 saturated carbocycles. The molecule has 1 fully saturated rings. The Morgan fingerprint density at radius 3 is 2.47 bits per heavy atom. The van der Waals surface area contributed by atoms with Gasteiger partial charge in [-0.25, -0.2) is 35.4 Å². The minimum atomic E-state index is -5.30. The van der Waals surface area contributed by atoms with E-state index in [9.17, 15) is 49.1 Å². The lowest BCUT2D eigenvalue weighted by Gasteiger charge is -2.32. The third-order valence-corrected chi connectivity index (χ3v) is 9.99. The van der Waals surface area contributed by atoms with Crippen molar-refractivity contribution in [1.82, 2.24) is 24.7 Å². The van der Waals surface area contributed by atoms with E-state index < -0.39 is 80.8 Å². The number of hydrogen-bond acceptors (Lipinski definition) is 9. The van der Waals surface area contributed by atoms with Crippen LogP contribution in [0.15, 0.2) is 21.6 Å². The van der Waals surface area contributed by atoms with E-state index in [1.807, 2.05) is 0 Å². The van der Waals surface area contributed by atoms with E-state index in [4.69, 9.17) is 4.52 Å². The summed E-state index contributed by atoms with van der Waals surface area (Å²) in [4.78, 5) is 19.6. The summed E-state index contributed by atoms with van der Waals surface area (Å²) < 4.78 is 145. The molecule has 0 spiro atoms. The average Bonchev–Trinajstić information content (AvgIpc) is 3.56. The first-order valence-electron chi connectivity index (χ1n) is 14.0. The number of carboxylic acid groups (broad SMARTS) is 1. The molecule has 260 valence electrons. The number of piperidine rings is 1. The predicted molar refractivity (Wildman–Crippen MR) is 151 cm³/mol. The molecule has 1 saturated heterocycles. The maximum absolute atomic E-state index is 15.7. The van der Waals surface area contributed by atoms with Gasteiger partial charge in [0.2, 0.25) is 21.7 Å². The monoisotopic (exact) mass is 719 g/mol. The number of thiazole rings is 1. The fourth-order valence-corrected chi connectivity index (χ4v) is 7.28. The standard InChI is InChI=1S/C27H29F8N5O5S2/c1-4-16(27(33,34)35)39-47(43,44)15-7-6-13(18(19(15)28)21(29)30)20-14(11-40-9-5-8-26(31,32)12-40)36-23(46-20)22-37-17(45-38-22)10-25(2,3)24(41)42/h6-7,16,21,39H,4-5,8-12H2,1-3H3,(H,41,42)/t16-/m0/s1. The minimum absolute atomic E-state index is 0.0973. The molecule has 0 aliphatic carbocycles. The maximum Gasteiger partial charge on any atom is 0.404 e. The number of nitrogens with one attached hydrogen (secondary N) is 1. The number of halogens is 8. The van der Waals surface area contributed by atoms with Gasteiger partial charge in [-0.15, -0.1) is 11.3 Å². The van der Waals surface area contributed by atoms with Gasteiger partial charge in [0.1, 0.15) is 10.9 Å². The summed E-state index contributed by atoms with van der Waals surface area (Å²) in [5.74, 6) is -6.58. The minimum Gasteiger partial charge on any atom is -0.481 e. The normalized spacial score (nSPS) is 16.9. The molecule has 1 aliphatic rings. The van der Waals surface area contributed by atoms with Crippen LogP contribution in [-0.2, 0) is 27.8 Å². The Labute approximate surface area is 267 Å². The van der Waals surface area contributed by atoms with Crippen molar-refractivity contribution in [1.29, 1.82) is 0 Å². The van der Waals surface area contributed by atoms with Crippen molar-refractivity contribution in [2.24, 2.45) is 5.41 Å². The number of aliphatic carboxylic acids is 1. The Balaban J connectivity index is 1.83. The number of likely N-dealkylation sites (tertiary alicyclic amines) is 1. The van der Waals surface area contributed by atoms with E-state index in [-0.39, 0.29) is 59.6 Å². The van der Waals surface area contributed by atoms with E-state index in [2.05, 4.69) is 15.1 Å². The summed E-state index contributed by atoms with van der Waals surface area (Å²) >= 11 is 0.623. The Bertz CT molecular complexity index is 1730. The Kier molecular flexibility index (Phi) is 10.4. The molecule has 20 heteroatoms. The molecular formula is C27H29F8N5O5S2. The highest BCUT2D eigenvalue weighted by atomic mass is 32.2. The quantitative estimate of drug-likeness (QED) is 0.203. The molecule has 2 aromatic heterocycles. The zero-order valence-corrected chi connectivity index (χ0v) is 26.6. The van der Waals surface area contributed by atoms with E-state index in [1.54, 1.807) is 0 Å². The van der Waals surface area contributed by atoms with Gasteiger partial charge in [0.15, 0.2) is 10.8 Å². The van der Waals surface area contributed by atoms with Crippen molar-refractivity contribution in [3.63, 3.8) is 0 Å². The summed E-state index contributed by atoms with van der Waals surface area (Å²) in [6, 6.07) is -1.32. The SMILES string of the molecule is CC[C@H](NS(=O)(=O)c1ccc(-c2sc(-c3noc(CC(C)(C)C(=O)O)n3)nc2CN2CCCC(F)(F)C2)c(C(F)F)c1F)C(F)(F)F. The second-order valence-corrected chi connectivity index (χ2v) is 14.3. The molecule has 0 amide bonds. The van der Waals surface area contributed by atoms with Gasteiger partial charge in [0, 0.05) is 24.9 Å². The van der Waals surface area contributed by atoms with Crippen molar-refractivity contribution < 1.29 is 58.0 Å². The Morgan fingerprint density at radius 1 is 1.21 bits per heavy atom. The largest absolute Gasteiger partial charge is 0.481 e. The van der Waals surface area contributed by atoms with Crippen LogP contribution in [0.2, 0.25) is 0 Å². The average molecular weight is 720 g/mol. The van der Waals surface area contributed by atoms with Crippen LogP contribution in [0.5, 0.6) is 0 Å². The first-order chi connectivity index (χ1) is 21.6. The topological polar surface area (TPSA) is 139 Å². The lowest BCUT2D eigenvalue weighted by atomic mass is 9.90. The lowest BCUT2D eigenvalue weighted by Crippen LogP contribution is -2.45. The number of carbonyl (C=O) groups is 1. The van der Waals surface area contributed by atoms with Crippen molar-refractivity contribution in [2.45, 2.75) is 82.5 Å². The van der Waals surface area contributed by atoms with Crippen LogP contribution in [0.4, 0.5) is 35.1 Å². The first kappa shape index (κ1) is 36.6. The van der Waals surface area contributed by atoms with Gasteiger partial charge in [-0.2, -0.15) is 22.9 Å². The molecular weight excluding hydrogens is 690 g/mol. The summed E-state index contributed by atoms with van der Waals surface area (Å²) in [6.45, 7) is 2.96. The van der Waals surface area contributed by atoms with Crippen molar-refractivity contribution >= 4 is 27.3 Å². The third kappa shape index (κ3) is 8.26. The predicted octanol–water partition coefficient (Wildman–Crippen LogP) is 6.44. The highest BCUT2D eigenvalue weighted by molar-refractivity contribution is 7.89. The number of sulfonamides is 1. The van der Waals surface area contributed by atoms with Gasteiger partial charge in [0.05, 0.1) is 28.1 Å². The number of aromatic nitrogens is 3. The highest BCUT2D eigenvalue weighted by Gasteiger charge is 2.42. The van der Waals surface area contributed by atoms with Crippen molar-refractivity contribution in [3.05, 3.63) is 35.1 Å². The summed E-state index contributed by atoms with van der Waals surface area (Å²) in [7, 11) is -5.30. The molecule has 4 rings (SSSR count). The van der Waals surface area contributed by atoms with Crippen molar-refractivity contribution in [2.75, 3.05) is 13.1 Å². The van der Waals surface area contributed by atoms with Gasteiger partial charge >= 0.3 is 12.1 Å². The number of nitrogens with zero attached hydrogens (tertiary/aromatic N) is 4. The zero-order chi connectivity index (χ0) is 35.1. The van der Waals surface area contributed by atoms with Crippen LogP contribution in [0.1, 0.15) is 63.6 Å². The molecule has 3 heterocycles. The van der Waals surface area contributed by atoms with E-state index in [0.29, 0.717) is 17.4 Å². The van der Waals surface area contributed by atoms with Crippen LogP contribution >= 0.6 is 11.3 Å². The molecule has 1 aliphatic heterocycles. The Morgan fingerprint density at radius 2 is 1.89 bits per heavy atom. The van der Waals surface area contributed by atoms with Gasteiger partial charge in [-0.3, -0.25) is 9.69 Å². The highest BCUT2D eigenvalue weighted by Crippen LogP contribution is 2.43. The first-order valence-corrected chi connectivity index (χ1v) is 16.3. The molecule has 1 aromatic carbocycles. The van der Waals surface area contributed by atoms with Crippen molar-refractivity contribution in [3.8, 4) is 21.3 Å². The van der Waals surface area contributed by atoms with Gasteiger partial charge in [-0.05, 0) is 39.3 Å². The third-order valence-electron chi connectivity index (χ3n) is 7.37. The molecule has 0 unspecified atom stereocenters. The second kappa shape index (κ2) is 13.3. The van der Waals surface area contributed by atoms with Crippen LogP contribution < -0.4 is 4.72 Å². The van der Waals surface area contributed by atoms with E-state index in [0.717, 1.165) is 13.0 Å². The van der Waals surface area contributed by atoms with E-state index in [1.165, 1.54) is 23.5 Å². The lowest BCUT2D eigenvalue weighted by molar-refractivity contribution is -0.151. The fourth-order valence-electron chi connectivity index (χ4n) is 4.85. The molecule has 0 radical (unpaired) electrons. The van der Waals surface area contributed by atoms with Crippen LogP contribution in [0, 0.1) is 11.2 Å². The molecule has 3 aromatic rings. The number of alkyl halides is 7. The molecule has 10 nitrogen and oxygen atoms in total. The number of rotatable bonds is 12. The number of hydrogen-bond donors (Lipinski definition) is 2. The maximum atomic E-state index is 15.7. The fraction of sp³-hybridized carbons (Fsp3) is 0.556. The Hall–Kier alpha value is -3.23. The van der Waals surface area contributed by atoms with Crippen LogP contribution in [0.25, 0.3) is 21.3 Å². The molecule has 47 heavy (non-hydrogen) atoms. The van der Waals surface area contributed by atoms with Crippen LogP contribution in [0.3, 0.4) is 0 Å². The van der Waals surface area contributed by atoms with Gasteiger partial charge < -0.3 is 9.63 Å². The smallest absolute Gasteiger partial charge is 0.404 e. The van der Waals surface area contributed by atoms with Crippen LogP contribution in [-0.4, -0.2) is 70.7 Å².